The van der Waals surface area contributed by atoms with Gasteiger partial charge in [0.05, 0.1) is 12.9 Å². The number of benzene rings is 2. The zero-order valence-corrected chi connectivity index (χ0v) is 19.6. The number of hydrogen-bond donors (Lipinski definition) is 3. The van der Waals surface area contributed by atoms with Crippen molar-refractivity contribution in [3.63, 3.8) is 0 Å². The molecule has 1 heterocycles. The predicted molar refractivity (Wildman–Crippen MR) is 126 cm³/mol. The number of anilines is 1. The quantitative estimate of drug-likeness (QED) is 0.346. The second kappa shape index (κ2) is 10.1. The molecule has 2 aromatic carbocycles. The van der Waals surface area contributed by atoms with Crippen molar-refractivity contribution in [1.82, 2.24) is 14.9 Å². The van der Waals surface area contributed by atoms with Gasteiger partial charge in [0.1, 0.15) is 17.8 Å². The van der Waals surface area contributed by atoms with E-state index in [0.717, 1.165) is 4.90 Å². The molecule has 0 spiro atoms. The highest BCUT2D eigenvalue weighted by Crippen LogP contribution is 2.30. The summed E-state index contributed by atoms with van der Waals surface area (Å²) >= 11 is 0. The van der Waals surface area contributed by atoms with Crippen LogP contribution < -0.4 is 20.1 Å². The van der Waals surface area contributed by atoms with E-state index in [0.29, 0.717) is 22.6 Å². The molecule has 10 nitrogen and oxygen atoms in total. The van der Waals surface area contributed by atoms with Gasteiger partial charge in [-0.2, -0.15) is 0 Å². The van der Waals surface area contributed by atoms with Crippen LogP contribution in [0.5, 0.6) is 5.75 Å². The molecule has 180 valence electrons. The van der Waals surface area contributed by atoms with Crippen LogP contribution in [0.4, 0.5) is 10.5 Å². The molecule has 3 N–H and O–H groups in total. The van der Waals surface area contributed by atoms with Gasteiger partial charge in [0.2, 0.25) is 15.9 Å². The number of rotatable bonds is 10. The van der Waals surface area contributed by atoms with E-state index in [2.05, 4.69) is 21.9 Å². The van der Waals surface area contributed by atoms with Crippen LogP contribution >= 0.6 is 0 Å². The van der Waals surface area contributed by atoms with Crippen LogP contribution in [0.3, 0.4) is 0 Å². The highest BCUT2D eigenvalue weighted by Gasteiger charge is 2.49. The number of methoxy groups -OCH3 is 1. The molecule has 0 saturated carbocycles. The fraction of sp³-hybridized carbons (Fsp3) is 0.261. The van der Waals surface area contributed by atoms with E-state index in [4.69, 9.17) is 4.74 Å². The first-order valence-electron chi connectivity index (χ1n) is 10.3. The fourth-order valence-electron chi connectivity index (χ4n) is 3.45. The minimum Gasteiger partial charge on any atom is -0.497 e. The van der Waals surface area contributed by atoms with Gasteiger partial charge in [-0.15, -0.1) is 6.58 Å². The Morgan fingerprint density at radius 2 is 1.79 bits per heavy atom. The molecule has 34 heavy (non-hydrogen) atoms. The zero-order chi connectivity index (χ0) is 24.9. The van der Waals surface area contributed by atoms with Crippen LogP contribution in [0.15, 0.2) is 61.2 Å². The second-order valence-electron chi connectivity index (χ2n) is 7.82. The summed E-state index contributed by atoms with van der Waals surface area (Å²) in [4.78, 5) is 38.8. The summed E-state index contributed by atoms with van der Waals surface area (Å²) in [5.74, 6) is -0.737. The van der Waals surface area contributed by atoms with E-state index in [-0.39, 0.29) is 12.3 Å². The maximum atomic E-state index is 13.0. The Hall–Kier alpha value is -3.70. The first-order chi connectivity index (χ1) is 16.1. The lowest BCUT2D eigenvalue weighted by Gasteiger charge is -2.22. The van der Waals surface area contributed by atoms with Crippen LogP contribution in [0.1, 0.15) is 18.1 Å². The normalized spacial score (nSPS) is 17.9. The van der Waals surface area contributed by atoms with Gasteiger partial charge in [-0.3, -0.25) is 14.5 Å². The fourth-order valence-corrected chi connectivity index (χ4v) is 4.55. The largest absolute Gasteiger partial charge is 0.497 e. The molecule has 1 aliphatic rings. The van der Waals surface area contributed by atoms with Crippen molar-refractivity contribution < 1.29 is 27.5 Å². The average Bonchev–Trinajstić information content (AvgIpc) is 3.02. The highest BCUT2D eigenvalue weighted by atomic mass is 32.2. The number of imide groups is 1. The third-order valence-electron chi connectivity index (χ3n) is 5.29. The van der Waals surface area contributed by atoms with E-state index >= 15 is 0 Å². The van der Waals surface area contributed by atoms with Gasteiger partial charge < -0.3 is 15.4 Å². The molecule has 1 atom stereocenters. The summed E-state index contributed by atoms with van der Waals surface area (Å²) in [5.41, 5.74) is 0.174. The Kier molecular flexibility index (Phi) is 7.38. The molecule has 1 fully saturated rings. The first kappa shape index (κ1) is 24.9. The number of ether oxygens (including phenoxy) is 1. The van der Waals surface area contributed by atoms with Crippen molar-refractivity contribution in [3.05, 3.63) is 72.3 Å². The van der Waals surface area contributed by atoms with Gasteiger partial charge >= 0.3 is 6.03 Å². The van der Waals surface area contributed by atoms with Crippen LogP contribution in [0, 0.1) is 0 Å². The highest BCUT2D eigenvalue weighted by molar-refractivity contribution is 7.88. The summed E-state index contributed by atoms with van der Waals surface area (Å²) in [6.07, 6.45) is 1.45. The van der Waals surface area contributed by atoms with E-state index in [1.165, 1.54) is 13.2 Å². The van der Waals surface area contributed by atoms with Gasteiger partial charge in [0, 0.05) is 12.2 Å². The van der Waals surface area contributed by atoms with Gasteiger partial charge in [0.15, 0.2) is 0 Å². The van der Waals surface area contributed by atoms with Gasteiger partial charge in [-0.25, -0.2) is 17.9 Å². The molecule has 11 heteroatoms. The molecule has 1 aliphatic heterocycles. The van der Waals surface area contributed by atoms with Crippen molar-refractivity contribution >= 4 is 33.6 Å². The van der Waals surface area contributed by atoms with E-state index in [9.17, 15) is 22.8 Å². The zero-order valence-electron chi connectivity index (χ0n) is 18.8. The number of carbonyl (C=O) groups excluding carboxylic acids is 3. The van der Waals surface area contributed by atoms with Crippen molar-refractivity contribution in [2.24, 2.45) is 0 Å². The standard InChI is InChI=1S/C23H26N4O6S/c1-4-13-24-34(31,32)15-16-5-9-18(10-6-16)25-20(28)14-27-21(29)23(2,26-22(27)30)17-7-11-19(33-3)12-8-17/h4-12,24H,1,13-15H2,2-3H3,(H,25,28)(H,26,30). The Morgan fingerprint density at radius 3 is 2.38 bits per heavy atom. The van der Waals surface area contributed by atoms with Crippen LogP contribution in [-0.4, -0.2) is 51.4 Å². The molecule has 3 rings (SSSR count). The predicted octanol–water partition coefficient (Wildman–Crippen LogP) is 1.71. The third kappa shape index (κ3) is 5.61. The van der Waals surface area contributed by atoms with Crippen molar-refractivity contribution in [1.29, 1.82) is 0 Å². The molecule has 0 aromatic heterocycles. The van der Waals surface area contributed by atoms with E-state index < -0.39 is 40.0 Å². The van der Waals surface area contributed by atoms with Crippen molar-refractivity contribution in [3.8, 4) is 5.75 Å². The molecule has 1 unspecified atom stereocenters. The summed E-state index contributed by atoms with van der Waals surface area (Å²) in [6.45, 7) is 4.70. The number of nitrogens with one attached hydrogen (secondary N) is 3. The van der Waals surface area contributed by atoms with Gasteiger partial charge in [-0.05, 0) is 42.3 Å². The van der Waals surface area contributed by atoms with Crippen LogP contribution in [0.25, 0.3) is 0 Å². The van der Waals surface area contributed by atoms with Crippen LogP contribution in [-0.2, 0) is 30.9 Å². The monoisotopic (exact) mass is 486 g/mol. The number of carbonyl (C=O) groups is 3. The summed E-state index contributed by atoms with van der Waals surface area (Å²) < 4.78 is 31.4. The third-order valence-corrected chi connectivity index (χ3v) is 6.61. The lowest BCUT2D eigenvalue weighted by Crippen LogP contribution is -2.42. The Labute approximate surface area is 198 Å². The molecular formula is C23H26N4O6S. The molecule has 4 amide bonds. The average molecular weight is 487 g/mol. The maximum Gasteiger partial charge on any atom is 0.325 e. The second-order valence-corrected chi connectivity index (χ2v) is 9.62. The number of urea groups is 1. The molecule has 0 bridgehead atoms. The Balaban J connectivity index is 1.62. The first-order valence-corrected chi connectivity index (χ1v) is 12.0. The van der Waals surface area contributed by atoms with E-state index in [1.54, 1.807) is 55.5 Å². The lowest BCUT2D eigenvalue weighted by molar-refractivity contribution is -0.133. The number of hydrogen-bond acceptors (Lipinski definition) is 6. The summed E-state index contributed by atoms with van der Waals surface area (Å²) in [5, 5.41) is 5.25. The topological polar surface area (TPSA) is 134 Å². The van der Waals surface area contributed by atoms with Gasteiger partial charge in [-0.1, -0.05) is 30.3 Å². The Morgan fingerprint density at radius 1 is 1.15 bits per heavy atom. The Bertz CT molecular complexity index is 1190. The number of amides is 4. The minimum atomic E-state index is -3.50. The SMILES string of the molecule is C=CCNS(=O)(=O)Cc1ccc(NC(=O)CN2C(=O)NC(C)(c3ccc(OC)cc3)C2=O)cc1. The summed E-state index contributed by atoms with van der Waals surface area (Å²) in [7, 11) is -1.98. The minimum absolute atomic E-state index is 0.136. The number of sulfonamides is 1. The summed E-state index contributed by atoms with van der Waals surface area (Å²) in [6, 6.07) is 12.3. The molecule has 0 aliphatic carbocycles. The smallest absolute Gasteiger partial charge is 0.325 e. The van der Waals surface area contributed by atoms with Crippen molar-refractivity contribution in [2.75, 3.05) is 25.5 Å². The molecule has 0 radical (unpaired) electrons. The molecule has 2 aromatic rings. The van der Waals surface area contributed by atoms with Gasteiger partial charge in [0.25, 0.3) is 5.91 Å². The lowest BCUT2D eigenvalue weighted by atomic mass is 9.92. The molecular weight excluding hydrogens is 460 g/mol. The van der Waals surface area contributed by atoms with Crippen LogP contribution in [0.2, 0.25) is 0 Å². The maximum absolute atomic E-state index is 13.0. The molecule has 1 saturated heterocycles. The van der Waals surface area contributed by atoms with E-state index in [1.807, 2.05) is 0 Å². The number of nitrogens with zero attached hydrogens (tertiary/aromatic N) is 1. The van der Waals surface area contributed by atoms with Crippen molar-refractivity contribution in [2.45, 2.75) is 18.2 Å².